The second-order valence-electron chi connectivity index (χ2n) is 5.47. The lowest BCUT2D eigenvalue weighted by Gasteiger charge is -2.12. The third-order valence-electron chi connectivity index (χ3n) is 3.71. The topological polar surface area (TPSA) is 92.7 Å². The Hall–Kier alpha value is -2.74. The molecule has 124 valence electrons. The summed E-state index contributed by atoms with van der Waals surface area (Å²) in [4.78, 5) is 28.2. The number of hydrogen-bond donors (Lipinski definition) is 2. The van der Waals surface area contributed by atoms with Crippen molar-refractivity contribution in [1.82, 2.24) is 25.1 Å². The molecule has 24 heavy (non-hydrogen) atoms. The summed E-state index contributed by atoms with van der Waals surface area (Å²) in [6.45, 7) is 3.74. The molecule has 8 heteroatoms. The number of carbonyl (C=O) groups excluding carboxylic acids is 1. The van der Waals surface area contributed by atoms with Gasteiger partial charge in [0.2, 0.25) is 0 Å². The van der Waals surface area contributed by atoms with E-state index >= 15 is 0 Å². The third-order valence-corrected chi connectivity index (χ3v) is 4.48. The van der Waals surface area contributed by atoms with E-state index in [0.717, 1.165) is 16.3 Å². The SMILES string of the molecule is Cc1nc(-c2ccc(C(=O)NC(C)c3n[nH]c(=O)n3C)cc2)cs1. The fraction of sp³-hybridized carbons (Fsp3) is 0.250. The van der Waals surface area contributed by atoms with Crippen LogP contribution in [0.5, 0.6) is 0 Å². The van der Waals surface area contributed by atoms with E-state index in [0.29, 0.717) is 11.4 Å². The second kappa shape index (κ2) is 6.40. The molecule has 1 aromatic carbocycles. The number of aromatic amines is 1. The maximum atomic E-state index is 12.3. The first-order valence-electron chi connectivity index (χ1n) is 7.40. The van der Waals surface area contributed by atoms with Gasteiger partial charge >= 0.3 is 5.69 Å². The minimum Gasteiger partial charge on any atom is -0.342 e. The van der Waals surface area contributed by atoms with E-state index in [1.165, 1.54) is 4.57 Å². The van der Waals surface area contributed by atoms with Crippen molar-refractivity contribution >= 4 is 17.2 Å². The Kier molecular flexibility index (Phi) is 4.30. The van der Waals surface area contributed by atoms with Gasteiger partial charge in [-0.2, -0.15) is 5.10 Å². The van der Waals surface area contributed by atoms with Gasteiger partial charge < -0.3 is 5.32 Å². The average Bonchev–Trinajstić information content (AvgIpc) is 3.14. The number of H-pyrrole nitrogens is 1. The number of aryl methyl sites for hydroxylation is 1. The molecule has 7 nitrogen and oxygen atoms in total. The van der Waals surface area contributed by atoms with Crippen molar-refractivity contribution in [2.75, 3.05) is 0 Å². The summed E-state index contributed by atoms with van der Waals surface area (Å²) in [7, 11) is 1.61. The number of thiazole rings is 1. The smallest absolute Gasteiger partial charge is 0.342 e. The van der Waals surface area contributed by atoms with Crippen LogP contribution in [-0.4, -0.2) is 25.7 Å². The van der Waals surface area contributed by atoms with Crippen LogP contribution >= 0.6 is 11.3 Å². The molecule has 2 N–H and O–H groups in total. The summed E-state index contributed by atoms with van der Waals surface area (Å²) in [5, 5.41) is 12.1. The van der Waals surface area contributed by atoms with E-state index in [1.54, 1.807) is 37.4 Å². The molecule has 1 unspecified atom stereocenters. The van der Waals surface area contributed by atoms with E-state index < -0.39 is 0 Å². The van der Waals surface area contributed by atoms with Crippen LogP contribution in [0.1, 0.15) is 34.2 Å². The summed E-state index contributed by atoms with van der Waals surface area (Å²) >= 11 is 1.59. The third kappa shape index (κ3) is 3.13. The summed E-state index contributed by atoms with van der Waals surface area (Å²) in [5.74, 6) is 0.252. The fourth-order valence-corrected chi connectivity index (χ4v) is 3.00. The van der Waals surface area contributed by atoms with Crippen LogP contribution in [0.25, 0.3) is 11.3 Å². The molecule has 0 aliphatic heterocycles. The highest BCUT2D eigenvalue weighted by molar-refractivity contribution is 7.09. The molecule has 2 heterocycles. The van der Waals surface area contributed by atoms with E-state index in [-0.39, 0.29) is 17.6 Å². The Morgan fingerprint density at radius 2 is 2.04 bits per heavy atom. The van der Waals surface area contributed by atoms with E-state index in [2.05, 4.69) is 20.5 Å². The maximum Gasteiger partial charge on any atom is 0.343 e. The van der Waals surface area contributed by atoms with Gasteiger partial charge in [-0.25, -0.2) is 14.9 Å². The average molecular weight is 343 g/mol. The summed E-state index contributed by atoms with van der Waals surface area (Å²) in [6.07, 6.45) is 0. The van der Waals surface area contributed by atoms with Gasteiger partial charge in [0.15, 0.2) is 5.82 Å². The molecule has 0 fully saturated rings. The first kappa shape index (κ1) is 16.1. The lowest BCUT2D eigenvalue weighted by atomic mass is 10.1. The number of rotatable bonds is 4. The van der Waals surface area contributed by atoms with Gasteiger partial charge in [-0.15, -0.1) is 11.3 Å². The van der Waals surface area contributed by atoms with Crippen LogP contribution in [0.4, 0.5) is 0 Å². The predicted octanol–water partition coefficient (Wildman–Crippen LogP) is 2.03. The van der Waals surface area contributed by atoms with Crippen LogP contribution < -0.4 is 11.0 Å². The van der Waals surface area contributed by atoms with Crippen LogP contribution in [0, 0.1) is 6.92 Å². The fourth-order valence-electron chi connectivity index (χ4n) is 2.38. The van der Waals surface area contributed by atoms with Gasteiger partial charge in [0.05, 0.1) is 16.7 Å². The summed E-state index contributed by atoms with van der Waals surface area (Å²) in [5.41, 5.74) is 2.11. The molecular weight excluding hydrogens is 326 g/mol. The molecule has 0 aliphatic rings. The van der Waals surface area contributed by atoms with Gasteiger partial charge in [-0.05, 0) is 26.0 Å². The Labute approximate surface area is 142 Å². The summed E-state index contributed by atoms with van der Waals surface area (Å²) < 4.78 is 1.37. The number of carbonyl (C=O) groups is 1. The number of benzene rings is 1. The number of amides is 1. The van der Waals surface area contributed by atoms with Gasteiger partial charge in [0.1, 0.15) is 0 Å². The number of aromatic nitrogens is 4. The van der Waals surface area contributed by atoms with Gasteiger partial charge in [-0.3, -0.25) is 9.36 Å². The molecule has 0 bridgehead atoms. The molecule has 3 aromatic rings. The zero-order chi connectivity index (χ0) is 17.3. The first-order valence-corrected chi connectivity index (χ1v) is 8.28. The van der Waals surface area contributed by atoms with Crippen LogP contribution in [0.3, 0.4) is 0 Å². The molecule has 2 aromatic heterocycles. The molecule has 1 amide bonds. The maximum absolute atomic E-state index is 12.3. The van der Waals surface area contributed by atoms with Crippen LogP contribution in [0.2, 0.25) is 0 Å². The molecule has 0 radical (unpaired) electrons. The highest BCUT2D eigenvalue weighted by Gasteiger charge is 2.16. The van der Waals surface area contributed by atoms with Crippen LogP contribution in [0.15, 0.2) is 34.4 Å². The zero-order valence-corrected chi connectivity index (χ0v) is 14.3. The summed E-state index contributed by atoms with van der Waals surface area (Å²) in [6, 6.07) is 6.88. The standard InChI is InChI=1S/C16H17N5O2S/c1-9(14-19-20-16(23)21(14)3)17-15(22)12-6-4-11(5-7-12)13-8-24-10(2)18-13/h4-9H,1-3H3,(H,17,22)(H,20,23). The molecule has 0 saturated heterocycles. The van der Waals surface area contributed by atoms with Gasteiger partial charge in [0.25, 0.3) is 5.91 Å². The van der Waals surface area contributed by atoms with Crippen LogP contribution in [-0.2, 0) is 7.05 Å². The van der Waals surface area contributed by atoms with Crippen molar-refractivity contribution < 1.29 is 4.79 Å². The first-order chi connectivity index (χ1) is 11.5. The van der Waals surface area contributed by atoms with Crippen molar-refractivity contribution in [2.45, 2.75) is 19.9 Å². The Bertz CT molecular complexity index is 923. The van der Waals surface area contributed by atoms with E-state index in [9.17, 15) is 9.59 Å². The second-order valence-corrected chi connectivity index (χ2v) is 6.53. The Balaban J connectivity index is 1.73. The lowest BCUT2D eigenvalue weighted by molar-refractivity contribution is 0.0937. The van der Waals surface area contributed by atoms with Gasteiger partial charge in [0, 0.05) is 23.6 Å². The normalized spacial score (nSPS) is 12.1. The van der Waals surface area contributed by atoms with Gasteiger partial charge in [-0.1, -0.05) is 12.1 Å². The number of nitrogens with one attached hydrogen (secondary N) is 2. The Morgan fingerprint density at radius 3 is 2.58 bits per heavy atom. The predicted molar refractivity (Wildman–Crippen MR) is 92.0 cm³/mol. The van der Waals surface area contributed by atoms with Crippen molar-refractivity contribution in [1.29, 1.82) is 0 Å². The number of hydrogen-bond acceptors (Lipinski definition) is 5. The molecule has 3 rings (SSSR count). The quantitative estimate of drug-likeness (QED) is 0.758. The van der Waals surface area contributed by atoms with E-state index in [1.807, 2.05) is 24.4 Å². The van der Waals surface area contributed by atoms with Crippen molar-refractivity contribution in [3.63, 3.8) is 0 Å². The largest absolute Gasteiger partial charge is 0.343 e. The minimum atomic E-state index is -0.387. The monoisotopic (exact) mass is 343 g/mol. The van der Waals surface area contributed by atoms with E-state index in [4.69, 9.17) is 0 Å². The van der Waals surface area contributed by atoms with Crippen molar-refractivity contribution in [2.24, 2.45) is 7.05 Å². The van der Waals surface area contributed by atoms with Crippen molar-refractivity contribution in [3.05, 3.63) is 56.5 Å². The lowest BCUT2D eigenvalue weighted by Crippen LogP contribution is -2.29. The molecule has 0 saturated carbocycles. The van der Waals surface area contributed by atoms with Crippen molar-refractivity contribution in [3.8, 4) is 11.3 Å². The minimum absolute atomic E-state index is 0.223. The molecule has 0 spiro atoms. The molecular formula is C16H17N5O2S. The number of nitrogens with zero attached hydrogens (tertiary/aromatic N) is 3. The Morgan fingerprint density at radius 1 is 1.33 bits per heavy atom. The molecule has 1 atom stereocenters. The molecule has 0 aliphatic carbocycles. The zero-order valence-electron chi connectivity index (χ0n) is 13.5. The highest BCUT2D eigenvalue weighted by Crippen LogP contribution is 2.22. The highest BCUT2D eigenvalue weighted by atomic mass is 32.1.